The first-order chi connectivity index (χ1) is 10.9. The lowest BCUT2D eigenvalue weighted by molar-refractivity contribution is -0.159. The van der Waals surface area contributed by atoms with Gasteiger partial charge >= 0.3 is 18.0 Å². The van der Waals surface area contributed by atoms with Gasteiger partial charge in [-0.05, 0) is 30.7 Å². The molecule has 0 spiro atoms. The van der Waals surface area contributed by atoms with Crippen LogP contribution in [0.4, 0.5) is 13.2 Å². The van der Waals surface area contributed by atoms with E-state index in [0.717, 1.165) is 19.3 Å². The number of aromatic nitrogens is 2. The Bertz CT molecular complexity index is 651. The first kappa shape index (κ1) is 17.0. The van der Waals surface area contributed by atoms with Gasteiger partial charge in [-0.15, -0.1) is 0 Å². The number of ether oxygens (including phenoxy) is 1. The molecule has 8 heteroatoms. The zero-order valence-electron chi connectivity index (χ0n) is 12.4. The van der Waals surface area contributed by atoms with Crippen molar-refractivity contribution in [2.75, 3.05) is 0 Å². The summed E-state index contributed by atoms with van der Waals surface area (Å²) in [5.41, 5.74) is 0.329. The topological polar surface area (TPSA) is 65.2 Å². The van der Waals surface area contributed by atoms with Crippen molar-refractivity contribution in [3.63, 3.8) is 0 Å². The van der Waals surface area contributed by atoms with Crippen LogP contribution >= 0.6 is 0 Å². The summed E-state index contributed by atoms with van der Waals surface area (Å²) in [6.45, 7) is 2.03. The highest BCUT2D eigenvalue weighted by molar-refractivity contribution is 5.72. The van der Waals surface area contributed by atoms with E-state index in [1.807, 2.05) is 6.92 Å². The van der Waals surface area contributed by atoms with Crippen LogP contribution in [-0.4, -0.2) is 16.1 Å². The lowest BCUT2D eigenvalue weighted by atomic mass is 10.2. The molecule has 0 aliphatic carbocycles. The Morgan fingerprint density at radius 3 is 2.48 bits per heavy atom. The van der Waals surface area contributed by atoms with E-state index in [2.05, 4.69) is 14.7 Å². The van der Waals surface area contributed by atoms with E-state index in [-0.39, 0.29) is 11.8 Å². The molecule has 0 bridgehead atoms. The Hall–Kier alpha value is -2.38. The number of rotatable bonds is 6. The molecule has 0 aliphatic rings. The van der Waals surface area contributed by atoms with Gasteiger partial charge in [-0.25, -0.2) is 0 Å². The highest BCUT2D eigenvalue weighted by Crippen LogP contribution is 2.29. The number of unbranched alkanes of at least 4 members (excludes halogenated alkanes) is 2. The predicted molar refractivity (Wildman–Crippen MR) is 74.5 cm³/mol. The molecular formula is C15H15F3N2O3. The highest BCUT2D eigenvalue weighted by atomic mass is 19.4. The fraction of sp³-hybridized carbons (Fsp3) is 0.400. The number of esters is 1. The second-order valence-electron chi connectivity index (χ2n) is 4.88. The van der Waals surface area contributed by atoms with Crippen molar-refractivity contribution >= 4 is 5.97 Å². The molecule has 0 aliphatic heterocycles. The van der Waals surface area contributed by atoms with Crippen LogP contribution in [0.5, 0.6) is 5.75 Å². The maximum absolute atomic E-state index is 12.4. The van der Waals surface area contributed by atoms with E-state index in [9.17, 15) is 18.0 Å². The van der Waals surface area contributed by atoms with Crippen LogP contribution in [0, 0.1) is 0 Å². The number of benzene rings is 1. The minimum absolute atomic E-state index is 0.182. The molecule has 23 heavy (non-hydrogen) atoms. The first-order valence-corrected chi connectivity index (χ1v) is 7.12. The molecule has 2 rings (SSSR count). The summed E-state index contributed by atoms with van der Waals surface area (Å²) in [5.74, 6) is -1.61. The Morgan fingerprint density at radius 1 is 1.22 bits per heavy atom. The van der Waals surface area contributed by atoms with Gasteiger partial charge in [-0.1, -0.05) is 24.9 Å². The molecule has 0 saturated heterocycles. The summed E-state index contributed by atoms with van der Waals surface area (Å²) in [7, 11) is 0. The third kappa shape index (κ3) is 4.80. The van der Waals surface area contributed by atoms with E-state index in [1.165, 1.54) is 24.3 Å². The lowest BCUT2D eigenvalue weighted by Gasteiger charge is -2.04. The zero-order valence-corrected chi connectivity index (χ0v) is 12.4. The number of nitrogens with zero attached hydrogens (tertiary/aromatic N) is 2. The highest BCUT2D eigenvalue weighted by Gasteiger charge is 2.38. The molecule has 124 valence electrons. The maximum atomic E-state index is 12.4. The molecule has 1 aromatic carbocycles. The molecule has 0 amide bonds. The van der Waals surface area contributed by atoms with Gasteiger partial charge in [0.1, 0.15) is 5.75 Å². The van der Waals surface area contributed by atoms with Crippen molar-refractivity contribution in [1.82, 2.24) is 10.1 Å². The van der Waals surface area contributed by atoms with Crippen LogP contribution < -0.4 is 4.74 Å². The van der Waals surface area contributed by atoms with Crippen LogP contribution in [0.1, 0.15) is 38.5 Å². The minimum Gasteiger partial charge on any atom is -0.427 e. The number of hydrogen-bond acceptors (Lipinski definition) is 5. The normalized spacial score (nSPS) is 11.5. The van der Waals surface area contributed by atoms with Gasteiger partial charge in [0, 0.05) is 12.0 Å². The van der Waals surface area contributed by atoms with E-state index >= 15 is 0 Å². The molecule has 1 aromatic heterocycles. The molecule has 2 aromatic rings. The molecular weight excluding hydrogens is 313 g/mol. The van der Waals surface area contributed by atoms with Gasteiger partial charge in [0.05, 0.1) is 0 Å². The molecule has 0 unspecified atom stereocenters. The fourth-order valence-electron chi connectivity index (χ4n) is 1.83. The monoisotopic (exact) mass is 328 g/mol. The Labute approximate surface area is 130 Å². The molecule has 0 fully saturated rings. The van der Waals surface area contributed by atoms with Crippen molar-refractivity contribution in [2.45, 2.75) is 38.8 Å². The molecule has 1 heterocycles. The Balaban J connectivity index is 1.99. The van der Waals surface area contributed by atoms with E-state index < -0.39 is 12.1 Å². The number of hydrogen-bond donors (Lipinski definition) is 0. The molecule has 0 radical (unpaired) electrons. The third-order valence-electron chi connectivity index (χ3n) is 3.00. The van der Waals surface area contributed by atoms with Gasteiger partial charge < -0.3 is 9.26 Å². The summed E-state index contributed by atoms with van der Waals surface area (Å²) in [6.07, 6.45) is -1.63. The van der Waals surface area contributed by atoms with Gasteiger partial charge in [0.25, 0.3) is 0 Å². The average molecular weight is 328 g/mol. The summed E-state index contributed by atoms with van der Waals surface area (Å²) < 4.78 is 46.5. The Kier molecular flexibility index (Phi) is 5.36. The smallest absolute Gasteiger partial charge is 0.427 e. The third-order valence-corrected chi connectivity index (χ3v) is 3.00. The van der Waals surface area contributed by atoms with Crippen LogP contribution in [0.2, 0.25) is 0 Å². The van der Waals surface area contributed by atoms with Crippen molar-refractivity contribution in [1.29, 1.82) is 0 Å². The van der Waals surface area contributed by atoms with Crippen molar-refractivity contribution in [3.05, 3.63) is 30.2 Å². The van der Waals surface area contributed by atoms with Crippen LogP contribution in [0.3, 0.4) is 0 Å². The van der Waals surface area contributed by atoms with Crippen molar-refractivity contribution in [2.24, 2.45) is 0 Å². The Morgan fingerprint density at radius 2 is 1.91 bits per heavy atom. The van der Waals surface area contributed by atoms with E-state index in [4.69, 9.17) is 4.74 Å². The molecule has 0 atom stereocenters. The fourth-order valence-corrected chi connectivity index (χ4v) is 1.83. The SMILES string of the molecule is CCCCCC(=O)Oc1ccc(-c2noc(C(F)(F)F)n2)cc1. The van der Waals surface area contributed by atoms with Gasteiger partial charge in [0.15, 0.2) is 0 Å². The van der Waals surface area contributed by atoms with Crippen molar-refractivity contribution in [3.8, 4) is 17.1 Å². The van der Waals surface area contributed by atoms with E-state index in [1.54, 1.807) is 0 Å². The summed E-state index contributed by atoms with van der Waals surface area (Å²) in [6, 6.07) is 5.85. The van der Waals surface area contributed by atoms with Crippen molar-refractivity contribution < 1.29 is 27.2 Å². The lowest BCUT2D eigenvalue weighted by Crippen LogP contribution is -2.07. The summed E-state index contributed by atoms with van der Waals surface area (Å²) in [5, 5.41) is 3.28. The summed E-state index contributed by atoms with van der Waals surface area (Å²) in [4.78, 5) is 14.9. The first-order valence-electron chi connectivity index (χ1n) is 7.12. The van der Waals surface area contributed by atoms with E-state index in [0.29, 0.717) is 17.7 Å². The van der Waals surface area contributed by atoms with Gasteiger partial charge in [-0.3, -0.25) is 4.79 Å². The number of alkyl halides is 3. The largest absolute Gasteiger partial charge is 0.471 e. The van der Waals surface area contributed by atoms with Crippen LogP contribution in [0.15, 0.2) is 28.8 Å². The molecule has 0 saturated carbocycles. The van der Waals surface area contributed by atoms with Crippen LogP contribution in [-0.2, 0) is 11.0 Å². The molecule has 0 N–H and O–H groups in total. The van der Waals surface area contributed by atoms with Gasteiger partial charge in [-0.2, -0.15) is 18.2 Å². The van der Waals surface area contributed by atoms with Gasteiger partial charge in [0.2, 0.25) is 5.82 Å². The zero-order chi connectivity index (χ0) is 16.9. The average Bonchev–Trinajstić information content (AvgIpc) is 2.98. The second kappa shape index (κ2) is 7.26. The van der Waals surface area contributed by atoms with Crippen LogP contribution in [0.25, 0.3) is 11.4 Å². The number of carbonyl (C=O) groups is 1. The maximum Gasteiger partial charge on any atom is 0.471 e. The standard InChI is InChI=1S/C15H15F3N2O3/c1-2-3-4-5-12(21)22-11-8-6-10(7-9-11)13-19-14(23-20-13)15(16,17)18/h6-9H,2-5H2,1H3. The minimum atomic E-state index is -4.68. The second-order valence-corrected chi connectivity index (χ2v) is 4.88. The molecule has 5 nitrogen and oxygen atoms in total. The summed E-state index contributed by atoms with van der Waals surface area (Å²) >= 11 is 0. The predicted octanol–water partition coefficient (Wildman–Crippen LogP) is 4.24. The quantitative estimate of drug-likeness (QED) is 0.451. The number of halogens is 3. The number of carbonyl (C=O) groups excluding carboxylic acids is 1.